The number of methoxy groups -OCH3 is 1. The second kappa shape index (κ2) is 10.6. The third-order valence-electron chi connectivity index (χ3n) is 5.18. The molecule has 0 unspecified atom stereocenters. The fourth-order valence-corrected chi connectivity index (χ4v) is 3.59. The van der Waals surface area contributed by atoms with Crippen molar-refractivity contribution in [3.8, 4) is 17.6 Å². The molecule has 7 heteroatoms. The summed E-state index contributed by atoms with van der Waals surface area (Å²) in [6.45, 7) is 0. The predicted octanol–water partition coefficient (Wildman–Crippen LogP) is 6.27. The molecule has 0 aromatic heterocycles. The van der Waals surface area contributed by atoms with Gasteiger partial charge in [-0.3, -0.25) is 4.79 Å². The van der Waals surface area contributed by atoms with Crippen molar-refractivity contribution < 1.29 is 19.1 Å². The molecule has 0 fully saturated rings. The van der Waals surface area contributed by atoms with Crippen LogP contribution in [-0.2, 0) is 4.79 Å². The monoisotopic (exact) mass is 482 g/mol. The van der Waals surface area contributed by atoms with Crippen LogP contribution in [0.5, 0.6) is 11.5 Å². The van der Waals surface area contributed by atoms with Crippen LogP contribution in [-0.4, -0.2) is 19.0 Å². The molecule has 1 N–H and O–H groups in total. The van der Waals surface area contributed by atoms with Crippen molar-refractivity contribution in [1.29, 1.82) is 5.26 Å². The van der Waals surface area contributed by atoms with Crippen LogP contribution in [0.2, 0.25) is 5.02 Å². The molecule has 0 bridgehead atoms. The third-order valence-corrected chi connectivity index (χ3v) is 5.43. The zero-order chi connectivity index (χ0) is 24.8. The molecule has 0 saturated carbocycles. The number of anilines is 1. The van der Waals surface area contributed by atoms with Crippen LogP contribution in [0.4, 0.5) is 5.69 Å². The van der Waals surface area contributed by atoms with E-state index in [0.29, 0.717) is 21.8 Å². The van der Waals surface area contributed by atoms with Crippen molar-refractivity contribution in [2.75, 3.05) is 12.4 Å². The average Bonchev–Trinajstić information content (AvgIpc) is 2.88. The molecule has 6 nitrogen and oxygen atoms in total. The van der Waals surface area contributed by atoms with Gasteiger partial charge in [-0.2, -0.15) is 5.26 Å². The maximum Gasteiger partial charge on any atom is 0.344 e. The molecule has 0 saturated heterocycles. The first kappa shape index (κ1) is 23.6. The summed E-state index contributed by atoms with van der Waals surface area (Å²) in [5.41, 5.74) is 1.35. The predicted molar refractivity (Wildman–Crippen MR) is 136 cm³/mol. The van der Waals surface area contributed by atoms with E-state index in [1.807, 2.05) is 36.4 Å². The minimum atomic E-state index is -0.569. The third kappa shape index (κ3) is 5.49. The molecule has 0 atom stereocenters. The first-order valence-corrected chi connectivity index (χ1v) is 10.9. The van der Waals surface area contributed by atoms with Crippen LogP contribution in [0.15, 0.2) is 90.5 Å². The second-order valence-corrected chi connectivity index (χ2v) is 7.89. The van der Waals surface area contributed by atoms with Crippen LogP contribution in [0.25, 0.3) is 16.8 Å². The van der Waals surface area contributed by atoms with Gasteiger partial charge in [0.05, 0.1) is 12.7 Å². The van der Waals surface area contributed by atoms with E-state index in [2.05, 4.69) is 5.32 Å². The zero-order valence-electron chi connectivity index (χ0n) is 18.6. The number of fused-ring (bicyclic) bond motifs is 1. The normalized spacial score (nSPS) is 10.9. The number of hydrogen-bond donors (Lipinski definition) is 1. The van der Waals surface area contributed by atoms with E-state index >= 15 is 0 Å². The number of rotatable bonds is 6. The van der Waals surface area contributed by atoms with Crippen LogP contribution in [0, 0.1) is 11.3 Å². The van der Waals surface area contributed by atoms with Crippen LogP contribution in [0.3, 0.4) is 0 Å². The number of carbonyl (C=O) groups is 2. The van der Waals surface area contributed by atoms with Gasteiger partial charge in [0.1, 0.15) is 11.6 Å². The molecular weight excluding hydrogens is 464 g/mol. The zero-order valence-corrected chi connectivity index (χ0v) is 19.4. The lowest BCUT2D eigenvalue weighted by molar-refractivity contribution is -0.112. The van der Waals surface area contributed by atoms with Crippen LogP contribution in [0.1, 0.15) is 15.9 Å². The molecule has 0 aliphatic heterocycles. The Hall–Kier alpha value is -4.60. The Balaban J connectivity index is 1.56. The number of nitriles is 1. The lowest BCUT2D eigenvalue weighted by Crippen LogP contribution is -2.13. The Morgan fingerprint density at radius 2 is 1.69 bits per heavy atom. The summed E-state index contributed by atoms with van der Waals surface area (Å²) in [4.78, 5) is 25.4. The first-order valence-electron chi connectivity index (χ1n) is 10.5. The topological polar surface area (TPSA) is 88.4 Å². The highest BCUT2D eigenvalue weighted by Crippen LogP contribution is 2.30. The average molecular weight is 483 g/mol. The fraction of sp³-hybridized carbons (Fsp3) is 0.0357. The Labute approximate surface area is 207 Å². The molecule has 4 rings (SSSR count). The highest BCUT2D eigenvalue weighted by Gasteiger charge is 2.16. The number of esters is 1. The van der Waals surface area contributed by atoms with Crippen LogP contribution < -0.4 is 14.8 Å². The molecule has 0 aliphatic carbocycles. The first-order chi connectivity index (χ1) is 17.0. The number of hydrogen-bond acceptors (Lipinski definition) is 5. The van der Waals surface area contributed by atoms with E-state index in [-0.39, 0.29) is 17.1 Å². The van der Waals surface area contributed by atoms with Crippen molar-refractivity contribution in [1.82, 2.24) is 0 Å². The molecule has 0 radical (unpaired) electrons. The summed E-state index contributed by atoms with van der Waals surface area (Å²) in [5.74, 6) is -0.599. The van der Waals surface area contributed by atoms with Crippen molar-refractivity contribution in [2.45, 2.75) is 0 Å². The number of benzene rings is 4. The number of halogens is 1. The van der Waals surface area contributed by atoms with E-state index in [4.69, 9.17) is 21.1 Å². The summed E-state index contributed by atoms with van der Waals surface area (Å²) in [6, 6.07) is 26.2. The lowest BCUT2D eigenvalue weighted by atomic mass is 10.0. The molecule has 35 heavy (non-hydrogen) atoms. The Morgan fingerprint density at radius 3 is 2.43 bits per heavy atom. The van der Waals surface area contributed by atoms with E-state index in [1.54, 1.807) is 54.6 Å². The number of nitrogens with one attached hydrogen (secondary N) is 1. The standard InChI is InChI=1S/C28H19ClN2O4/c1-34-26-16-18(15-20(17-30)27(32)31-22-12-10-21(29)11-13-22)9-14-25(26)35-28(33)24-8-4-6-19-5-2-3-7-23(19)24/h2-16H,1H3,(H,31,32)/b20-15+. The Morgan fingerprint density at radius 1 is 0.943 bits per heavy atom. The van der Waals surface area contributed by atoms with Crippen molar-refractivity contribution in [2.24, 2.45) is 0 Å². The van der Waals surface area contributed by atoms with Gasteiger partial charge in [0.15, 0.2) is 11.5 Å². The van der Waals surface area contributed by atoms with Crippen LogP contribution >= 0.6 is 11.6 Å². The van der Waals surface area contributed by atoms with E-state index in [0.717, 1.165) is 10.8 Å². The minimum Gasteiger partial charge on any atom is -0.493 e. The van der Waals surface area contributed by atoms with Gasteiger partial charge in [0.25, 0.3) is 5.91 Å². The molecule has 0 aliphatic rings. The number of carbonyl (C=O) groups excluding carboxylic acids is 2. The van der Waals surface area contributed by atoms with E-state index < -0.39 is 11.9 Å². The van der Waals surface area contributed by atoms with Gasteiger partial charge in [-0.1, -0.05) is 54.1 Å². The largest absolute Gasteiger partial charge is 0.493 e. The summed E-state index contributed by atoms with van der Waals surface area (Å²) in [7, 11) is 1.44. The number of ether oxygens (including phenoxy) is 2. The van der Waals surface area contributed by atoms with Gasteiger partial charge in [0.2, 0.25) is 0 Å². The summed E-state index contributed by atoms with van der Waals surface area (Å²) in [5, 5.41) is 14.4. The molecule has 1 amide bonds. The van der Waals surface area contributed by atoms with Crippen molar-refractivity contribution in [3.05, 3.63) is 107 Å². The molecule has 4 aromatic rings. The SMILES string of the molecule is COc1cc(/C=C(\C#N)C(=O)Nc2ccc(Cl)cc2)ccc1OC(=O)c1cccc2ccccc12. The molecule has 0 heterocycles. The van der Waals surface area contributed by atoms with E-state index in [9.17, 15) is 14.9 Å². The Bertz CT molecular complexity index is 1480. The molecule has 4 aromatic carbocycles. The summed E-state index contributed by atoms with van der Waals surface area (Å²) >= 11 is 5.86. The summed E-state index contributed by atoms with van der Waals surface area (Å²) in [6.07, 6.45) is 1.42. The minimum absolute atomic E-state index is 0.109. The highest BCUT2D eigenvalue weighted by molar-refractivity contribution is 6.30. The van der Waals surface area contributed by atoms with Gasteiger partial charge >= 0.3 is 5.97 Å². The van der Waals surface area contributed by atoms with Gasteiger partial charge in [-0.05, 0) is 64.9 Å². The van der Waals surface area contributed by atoms with Gasteiger partial charge in [-0.15, -0.1) is 0 Å². The highest BCUT2D eigenvalue weighted by atomic mass is 35.5. The maximum absolute atomic E-state index is 12.9. The van der Waals surface area contributed by atoms with Gasteiger partial charge in [-0.25, -0.2) is 4.79 Å². The smallest absolute Gasteiger partial charge is 0.344 e. The molecule has 172 valence electrons. The maximum atomic E-state index is 12.9. The van der Waals surface area contributed by atoms with Gasteiger partial charge in [0, 0.05) is 10.7 Å². The number of nitrogens with zero attached hydrogens (tertiary/aromatic N) is 1. The molecule has 0 spiro atoms. The second-order valence-electron chi connectivity index (χ2n) is 7.46. The van der Waals surface area contributed by atoms with Gasteiger partial charge < -0.3 is 14.8 Å². The lowest BCUT2D eigenvalue weighted by Gasteiger charge is -2.11. The quantitative estimate of drug-likeness (QED) is 0.151. The number of amides is 1. The fourth-order valence-electron chi connectivity index (χ4n) is 3.46. The summed E-state index contributed by atoms with van der Waals surface area (Å²) < 4.78 is 11.0. The Kier molecular flexibility index (Phi) is 7.10. The molecular formula is C28H19ClN2O4. The van der Waals surface area contributed by atoms with E-state index in [1.165, 1.54) is 13.2 Å². The van der Waals surface area contributed by atoms with Crippen molar-refractivity contribution in [3.63, 3.8) is 0 Å². The van der Waals surface area contributed by atoms with Crippen molar-refractivity contribution >= 4 is 46.0 Å².